The number of alkyl halides is 6. The predicted octanol–water partition coefficient (Wildman–Crippen LogP) is 9.22. The molecule has 0 saturated heterocycles. The molecule has 2 heterocycles. The third-order valence-electron chi connectivity index (χ3n) is 6.70. The minimum Gasteiger partial charge on any atom is -0.298 e. The maximum atomic E-state index is 15.4. The molecule has 2 aromatic carbocycles. The molecule has 0 bridgehead atoms. The summed E-state index contributed by atoms with van der Waals surface area (Å²) in [7, 11) is 0. The van der Waals surface area contributed by atoms with Crippen molar-refractivity contribution < 1.29 is 35.9 Å². The summed E-state index contributed by atoms with van der Waals surface area (Å²) >= 11 is 2.01. The van der Waals surface area contributed by atoms with Gasteiger partial charge in [-0.1, -0.05) is 48.5 Å². The number of carbonyl (C=O) groups excluding carboxylic acids is 2. The molecule has 0 aliphatic heterocycles. The lowest BCUT2D eigenvalue weighted by Gasteiger charge is -2.25. The summed E-state index contributed by atoms with van der Waals surface area (Å²) < 4.78 is 91.3. The Kier molecular flexibility index (Phi) is 6.46. The maximum absolute atomic E-state index is 15.4. The van der Waals surface area contributed by atoms with Crippen molar-refractivity contribution in [3.8, 4) is 20.9 Å². The number of benzene rings is 2. The van der Waals surface area contributed by atoms with Gasteiger partial charge in [0.15, 0.2) is 0 Å². The summed E-state index contributed by atoms with van der Waals surface area (Å²) in [4.78, 5) is 23.1. The van der Waals surface area contributed by atoms with E-state index in [1.54, 1.807) is 24.3 Å². The Labute approximate surface area is 227 Å². The summed E-state index contributed by atoms with van der Waals surface area (Å²) in [5.41, 5.74) is -1.75. The molecular weight excluding hydrogens is 558 g/mol. The number of aryl methyl sites for hydroxylation is 2. The fourth-order valence-electron chi connectivity index (χ4n) is 4.63. The largest absolute Gasteiger partial charge is 0.380 e. The van der Waals surface area contributed by atoms with Gasteiger partial charge in [-0.15, -0.1) is 22.7 Å². The van der Waals surface area contributed by atoms with E-state index in [1.807, 2.05) is 0 Å². The molecule has 200 valence electrons. The molecule has 2 nitrogen and oxygen atoms in total. The zero-order chi connectivity index (χ0) is 28.3. The first kappa shape index (κ1) is 27.1. The summed E-state index contributed by atoms with van der Waals surface area (Å²) in [5, 5.41) is 0. The zero-order valence-corrected chi connectivity index (χ0v) is 22.0. The Morgan fingerprint density at radius 3 is 1.23 bits per heavy atom. The van der Waals surface area contributed by atoms with Crippen molar-refractivity contribution in [2.45, 2.75) is 31.6 Å². The zero-order valence-electron chi connectivity index (χ0n) is 20.3. The van der Waals surface area contributed by atoms with Crippen LogP contribution >= 0.6 is 22.7 Å². The highest BCUT2D eigenvalue weighted by Gasteiger charge is 2.80. The van der Waals surface area contributed by atoms with Gasteiger partial charge in [0, 0.05) is 41.8 Å². The number of allylic oxidation sites excluding steroid dienone is 2. The molecule has 0 amide bonds. The summed E-state index contributed by atoms with van der Waals surface area (Å²) in [6.07, 6.45) is 1.26. The van der Waals surface area contributed by atoms with Gasteiger partial charge in [0.25, 0.3) is 0 Å². The van der Waals surface area contributed by atoms with Crippen LogP contribution in [-0.4, -0.2) is 30.3 Å². The first-order valence-electron chi connectivity index (χ1n) is 11.5. The predicted molar refractivity (Wildman–Crippen MR) is 141 cm³/mol. The third-order valence-corrected chi connectivity index (χ3v) is 8.90. The Morgan fingerprint density at radius 1 is 0.590 bits per heavy atom. The summed E-state index contributed by atoms with van der Waals surface area (Å²) in [5.74, 6) is -16.0. The molecule has 2 aromatic heterocycles. The molecule has 0 radical (unpaired) electrons. The first-order valence-corrected chi connectivity index (χ1v) is 13.2. The topological polar surface area (TPSA) is 34.1 Å². The highest BCUT2D eigenvalue weighted by atomic mass is 32.1. The lowest BCUT2D eigenvalue weighted by atomic mass is 9.94. The van der Waals surface area contributed by atoms with Gasteiger partial charge in [-0.2, -0.15) is 26.3 Å². The van der Waals surface area contributed by atoms with E-state index in [0.717, 1.165) is 22.7 Å². The van der Waals surface area contributed by atoms with E-state index >= 15 is 17.6 Å². The van der Waals surface area contributed by atoms with Crippen molar-refractivity contribution in [1.82, 2.24) is 0 Å². The molecule has 10 heteroatoms. The van der Waals surface area contributed by atoms with E-state index in [-0.39, 0.29) is 20.9 Å². The molecule has 0 unspecified atom stereocenters. The quantitative estimate of drug-likeness (QED) is 0.169. The van der Waals surface area contributed by atoms with Crippen molar-refractivity contribution in [1.29, 1.82) is 0 Å². The number of carbonyl (C=O) groups is 2. The van der Waals surface area contributed by atoms with Crippen LogP contribution in [0.2, 0.25) is 0 Å². The second-order valence-corrected chi connectivity index (χ2v) is 11.6. The van der Waals surface area contributed by atoms with Crippen LogP contribution in [0.3, 0.4) is 0 Å². The van der Waals surface area contributed by atoms with Crippen molar-refractivity contribution >= 4 is 46.4 Å². The highest BCUT2D eigenvalue weighted by molar-refractivity contribution is 7.16. The number of thiophene rings is 2. The number of hydrogen-bond donors (Lipinski definition) is 0. The van der Waals surface area contributed by atoms with Crippen molar-refractivity contribution in [3.05, 3.63) is 92.7 Å². The summed E-state index contributed by atoms with van der Waals surface area (Å²) in [6, 6.07) is 14.7. The Hall–Kier alpha value is -3.50. The van der Waals surface area contributed by atoms with Gasteiger partial charge >= 0.3 is 17.8 Å². The SMILES string of the molecule is Cc1sc(-c2ccc(C=O)cc2)cc1C1=C(c2cc(-c3ccc(C=O)cc3)sc2C)C(F)(F)C(F)(F)C1(F)F. The van der Waals surface area contributed by atoms with Crippen LogP contribution in [0, 0.1) is 13.8 Å². The Balaban J connectivity index is 1.73. The minimum atomic E-state index is -5.66. The van der Waals surface area contributed by atoms with Crippen molar-refractivity contribution in [2.75, 3.05) is 0 Å². The molecule has 1 aliphatic carbocycles. The van der Waals surface area contributed by atoms with Gasteiger partial charge in [0.05, 0.1) is 0 Å². The molecule has 1 aliphatic rings. The van der Waals surface area contributed by atoms with Gasteiger partial charge in [-0.3, -0.25) is 9.59 Å². The monoisotopic (exact) mass is 576 g/mol. The van der Waals surface area contributed by atoms with Crippen LogP contribution in [-0.2, 0) is 0 Å². The molecule has 5 rings (SSSR count). The third kappa shape index (κ3) is 4.08. The fourth-order valence-corrected chi connectivity index (χ4v) is 6.69. The normalized spacial score (nSPS) is 17.4. The van der Waals surface area contributed by atoms with Crippen LogP contribution in [0.4, 0.5) is 26.3 Å². The summed E-state index contributed by atoms with van der Waals surface area (Å²) in [6.45, 7) is 2.83. The highest BCUT2D eigenvalue weighted by Crippen LogP contribution is 2.66. The van der Waals surface area contributed by atoms with Gasteiger partial charge in [-0.05, 0) is 48.2 Å². The van der Waals surface area contributed by atoms with Crippen molar-refractivity contribution in [3.63, 3.8) is 0 Å². The molecule has 0 saturated carbocycles. The molecule has 0 fully saturated rings. The van der Waals surface area contributed by atoms with E-state index in [4.69, 9.17) is 0 Å². The number of hydrogen-bond acceptors (Lipinski definition) is 4. The van der Waals surface area contributed by atoms with Crippen LogP contribution < -0.4 is 0 Å². The van der Waals surface area contributed by atoms with Crippen LogP contribution in [0.1, 0.15) is 41.6 Å². The molecule has 4 aromatic rings. The van der Waals surface area contributed by atoms with Crippen LogP contribution in [0.15, 0.2) is 60.7 Å². The smallest absolute Gasteiger partial charge is 0.298 e. The average molecular weight is 577 g/mol. The molecule has 0 spiro atoms. The number of aldehydes is 2. The first-order chi connectivity index (χ1) is 18.3. The van der Waals surface area contributed by atoms with E-state index < -0.39 is 28.9 Å². The molecule has 0 atom stereocenters. The van der Waals surface area contributed by atoms with Gasteiger partial charge in [-0.25, -0.2) is 0 Å². The van der Waals surface area contributed by atoms with Gasteiger partial charge in [0.1, 0.15) is 12.6 Å². The minimum absolute atomic E-state index is 0.169. The molecule has 0 N–H and O–H groups in total. The number of halogens is 6. The van der Waals surface area contributed by atoms with E-state index in [9.17, 15) is 18.4 Å². The number of rotatable bonds is 6. The fraction of sp³-hybridized carbons (Fsp3) is 0.172. The standard InChI is InChI=1S/C29H18F6O2S2/c1-15-21(11-23(38-15)19-7-3-17(13-36)4-8-19)25-26(28(32,33)29(34,35)27(25,30)31)22-12-24(39-16(22)2)20-9-5-18(14-37)6-10-20/h3-14H,1-2H3. The molecule has 39 heavy (non-hydrogen) atoms. The van der Waals surface area contributed by atoms with Gasteiger partial charge in [0.2, 0.25) is 0 Å². The van der Waals surface area contributed by atoms with Crippen molar-refractivity contribution in [2.24, 2.45) is 0 Å². The van der Waals surface area contributed by atoms with Crippen LogP contribution in [0.25, 0.3) is 32.0 Å². The van der Waals surface area contributed by atoms with E-state index in [1.165, 1.54) is 50.2 Å². The maximum Gasteiger partial charge on any atom is 0.380 e. The van der Waals surface area contributed by atoms with Gasteiger partial charge < -0.3 is 0 Å². The Morgan fingerprint density at radius 2 is 0.923 bits per heavy atom. The average Bonchev–Trinajstić information content (AvgIpc) is 3.51. The second-order valence-electron chi connectivity index (χ2n) is 9.11. The van der Waals surface area contributed by atoms with Crippen LogP contribution in [0.5, 0.6) is 0 Å². The van der Waals surface area contributed by atoms with E-state index in [2.05, 4.69) is 0 Å². The second kappa shape index (κ2) is 9.31. The van der Waals surface area contributed by atoms with E-state index in [0.29, 0.717) is 44.6 Å². The lowest BCUT2D eigenvalue weighted by Crippen LogP contribution is -2.48. The lowest BCUT2D eigenvalue weighted by molar-refractivity contribution is -0.254. The Bertz CT molecular complexity index is 1510. The molecular formula is C29H18F6O2S2.